The summed E-state index contributed by atoms with van der Waals surface area (Å²) in [5.74, 6) is -1.31. The average molecular weight is 459 g/mol. The Morgan fingerprint density at radius 3 is 2.38 bits per heavy atom. The minimum Gasteiger partial charge on any atom is -0.487 e. The summed E-state index contributed by atoms with van der Waals surface area (Å²) in [6, 6.07) is 8.73. The van der Waals surface area contributed by atoms with Crippen molar-refractivity contribution in [1.82, 2.24) is 0 Å². The second-order valence-corrected chi connectivity index (χ2v) is 10.6. The van der Waals surface area contributed by atoms with Gasteiger partial charge >= 0.3 is 0 Å². The molecule has 0 spiro atoms. The molecule has 0 aliphatic heterocycles. The van der Waals surface area contributed by atoms with Crippen LogP contribution in [0.4, 0.5) is 8.78 Å². The molecular formula is C21H21ClF2O3S2. The molecule has 8 heteroatoms. The summed E-state index contributed by atoms with van der Waals surface area (Å²) in [5.41, 5.74) is -0.127. The molecule has 0 atom stereocenters. The van der Waals surface area contributed by atoms with Crippen LogP contribution in [0.15, 0.2) is 47.4 Å². The van der Waals surface area contributed by atoms with E-state index < -0.39 is 26.2 Å². The third kappa shape index (κ3) is 4.47. The van der Waals surface area contributed by atoms with Gasteiger partial charge in [-0.3, -0.25) is 0 Å². The molecule has 2 aromatic rings. The van der Waals surface area contributed by atoms with E-state index in [0.717, 1.165) is 18.2 Å². The van der Waals surface area contributed by atoms with Gasteiger partial charge in [-0.05, 0) is 86.3 Å². The maximum atomic E-state index is 14.8. The van der Waals surface area contributed by atoms with E-state index in [-0.39, 0.29) is 29.2 Å². The number of ether oxygens (including phenoxy) is 1. The SMILES string of the molecule is CC(=S)OCC1CCC(c2cc(F)ccc2F)(S(=O)(=O)c2ccc(Cl)cc2)CC1. The van der Waals surface area contributed by atoms with Crippen molar-refractivity contribution in [2.24, 2.45) is 5.92 Å². The van der Waals surface area contributed by atoms with Gasteiger partial charge in [0, 0.05) is 17.5 Å². The molecule has 0 heterocycles. The lowest BCUT2D eigenvalue weighted by molar-refractivity contribution is 0.183. The van der Waals surface area contributed by atoms with Crippen molar-refractivity contribution in [3.8, 4) is 0 Å². The van der Waals surface area contributed by atoms with Crippen LogP contribution < -0.4 is 0 Å². The van der Waals surface area contributed by atoms with Crippen molar-refractivity contribution in [2.75, 3.05) is 6.61 Å². The molecule has 0 radical (unpaired) electrons. The van der Waals surface area contributed by atoms with Gasteiger partial charge in [0.25, 0.3) is 0 Å². The minimum absolute atomic E-state index is 0.0370. The number of rotatable bonds is 5. The highest BCUT2D eigenvalue weighted by Gasteiger charge is 2.50. The summed E-state index contributed by atoms with van der Waals surface area (Å²) < 4.78 is 60.0. The minimum atomic E-state index is -4.02. The van der Waals surface area contributed by atoms with Crippen LogP contribution in [0.3, 0.4) is 0 Å². The van der Waals surface area contributed by atoms with Gasteiger partial charge in [0.1, 0.15) is 16.4 Å². The zero-order valence-electron chi connectivity index (χ0n) is 15.8. The molecule has 1 fully saturated rings. The molecule has 0 N–H and O–H groups in total. The van der Waals surface area contributed by atoms with E-state index in [9.17, 15) is 17.2 Å². The molecule has 1 aliphatic carbocycles. The Balaban J connectivity index is 2.05. The number of hydrogen-bond acceptors (Lipinski definition) is 4. The van der Waals surface area contributed by atoms with E-state index in [1.54, 1.807) is 6.92 Å². The Kier molecular flexibility index (Phi) is 6.61. The summed E-state index contributed by atoms with van der Waals surface area (Å²) in [6.45, 7) is 2.06. The van der Waals surface area contributed by atoms with Gasteiger partial charge in [-0.25, -0.2) is 17.2 Å². The maximum absolute atomic E-state index is 14.8. The Bertz CT molecular complexity index is 999. The molecule has 3 rings (SSSR count). The molecule has 0 bridgehead atoms. The Hall–Kier alpha value is -1.57. The van der Waals surface area contributed by atoms with Crippen molar-refractivity contribution in [2.45, 2.75) is 42.2 Å². The highest BCUT2D eigenvalue weighted by molar-refractivity contribution is 7.92. The summed E-state index contributed by atoms with van der Waals surface area (Å²) >= 11 is 10.8. The van der Waals surface area contributed by atoms with Crippen molar-refractivity contribution < 1.29 is 21.9 Å². The van der Waals surface area contributed by atoms with Crippen LogP contribution in [0.2, 0.25) is 5.02 Å². The molecule has 0 aromatic heterocycles. The van der Waals surface area contributed by atoms with E-state index in [2.05, 4.69) is 0 Å². The number of sulfone groups is 1. The van der Waals surface area contributed by atoms with Gasteiger partial charge in [0.2, 0.25) is 0 Å². The average Bonchev–Trinajstić information content (AvgIpc) is 2.69. The molecule has 0 amide bonds. The topological polar surface area (TPSA) is 43.4 Å². The monoisotopic (exact) mass is 458 g/mol. The number of thiocarbonyl (C=S) groups is 1. The molecule has 0 saturated heterocycles. The second kappa shape index (κ2) is 8.66. The summed E-state index contributed by atoms with van der Waals surface area (Å²) in [7, 11) is -4.02. The predicted molar refractivity (Wildman–Crippen MR) is 113 cm³/mol. The van der Waals surface area contributed by atoms with E-state index in [4.69, 9.17) is 28.6 Å². The second-order valence-electron chi connectivity index (χ2n) is 7.32. The van der Waals surface area contributed by atoms with Crippen LogP contribution in [0, 0.1) is 17.6 Å². The first-order valence-electron chi connectivity index (χ1n) is 9.25. The first kappa shape index (κ1) is 22.1. The molecule has 3 nitrogen and oxygen atoms in total. The quantitative estimate of drug-likeness (QED) is 0.528. The third-order valence-electron chi connectivity index (χ3n) is 5.49. The van der Waals surface area contributed by atoms with Gasteiger partial charge in [0.05, 0.1) is 11.5 Å². The van der Waals surface area contributed by atoms with Crippen LogP contribution in [0.25, 0.3) is 0 Å². The van der Waals surface area contributed by atoms with Crippen molar-refractivity contribution in [1.29, 1.82) is 0 Å². The van der Waals surface area contributed by atoms with E-state index in [1.165, 1.54) is 24.3 Å². The van der Waals surface area contributed by atoms with Crippen LogP contribution in [0.5, 0.6) is 0 Å². The van der Waals surface area contributed by atoms with Gasteiger partial charge in [-0.1, -0.05) is 11.6 Å². The van der Waals surface area contributed by atoms with Gasteiger partial charge < -0.3 is 4.74 Å². The highest BCUT2D eigenvalue weighted by Crippen LogP contribution is 2.49. The van der Waals surface area contributed by atoms with Crippen molar-refractivity contribution >= 4 is 38.7 Å². The van der Waals surface area contributed by atoms with Crippen LogP contribution in [-0.4, -0.2) is 20.1 Å². The summed E-state index contributed by atoms with van der Waals surface area (Å²) in [6.07, 6.45) is 1.29. The number of benzene rings is 2. The summed E-state index contributed by atoms with van der Waals surface area (Å²) in [4.78, 5) is 0.0370. The summed E-state index contributed by atoms with van der Waals surface area (Å²) in [5, 5.41) is 0.818. The van der Waals surface area contributed by atoms with Crippen LogP contribution in [0.1, 0.15) is 38.2 Å². The van der Waals surface area contributed by atoms with Crippen LogP contribution in [-0.2, 0) is 19.3 Å². The molecule has 0 unspecified atom stereocenters. The fourth-order valence-electron chi connectivity index (χ4n) is 3.91. The lowest BCUT2D eigenvalue weighted by atomic mass is 9.78. The van der Waals surface area contributed by atoms with Crippen molar-refractivity contribution in [3.05, 3.63) is 64.7 Å². The standard InChI is InChI=1S/C21H21ClF2O3S2/c1-14(28)27-13-15-8-10-21(11-9-15,19-12-17(23)4-7-20(19)24)29(25,26)18-5-2-16(22)3-6-18/h2-7,12,15H,8-11,13H2,1H3. The van der Waals surface area contributed by atoms with Crippen molar-refractivity contribution in [3.63, 3.8) is 0 Å². The van der Waals surface area contributed by atoms with Gasteiger partial charge in [-0.2, -0.15) is 0 Å². The predicted octanol–water partition coefficient (Wildman–Crippen LogP) is 5.84. The maximum Gasteiger partial charge on any atom is 0.188 e. The fraction of sp³-hybridized carbons (Fsp3) is 0.381. The van der Waals surface area contributed by atoms with E-state index >= 15 is 0 Å². The zero-order chi connectivity index (χ0) is 21.2. The molecule has 1 saturated carbocycles. The van der Waals surface area contributed by atoms with Gasteiger partial charge in [0.15, 0.2) is 14.9 Å². The smallest absolute Gasteiger partial charge is 0.188 e. The lowest BCUT2D eigenvalue weighted by Crippen LogP contribution is -2.41. The first-order chi connectivity index (χ1) is 13.7. The van der Waals surface area contributed by atoms with E-state index in [1.807, 2.05) is 0 Å². The first-order valence-corrected chi connectivity index (χ1v) is 11.5. The third-order valence-corrected chi connectivity index (χ3v) is 8.41. The van der Waals surface area contributed by atoms with Crippen LogP contribution >= 0.6 is 23.8 Å². The van der Waals surface area contributed by atoms with E-state index in [0.29, 0.717) is 29.5 Å². The lowest BCUT2D eigenvalue weighted by Gasteiger charge is -2.40. The number of halogens is 3. The normalized spacial score (nSPS) is 22.3. The molecule has 156 valence electrons. The zero-order valence-corrected chi connectivity index (χ0v) is 18.2. The highest BCUT2D eigenvalue weighted by atomic mass is 35.5. The Morgan fingerprint density at radius 1 is 1.17 bits per heavy atom. The number of hydrogen-bond donors (Lipinski definition) is 0. The molecule has 1 aliphatic rings. The molecular weight excluding hydrogens is 438 g/mol. The molecule has 2 aromatic carbocycles. The largest absolute Gasteiger partial charge is 0.487 e. The van der Waals surface area contributed by atoms with Gasteiger partial charge in [-0.15, -0.1) is 0 Å². The Labute approximate surface area is 179 Å². The molecule has 29 heavy (non-hydrogen) atoms. The Morgan fingerprint density at radius 2 is 1.79 bits per heavy atom. The fourth-order valence-corrected chi connectivity index (χ4v) is 6.27.